The fraction of sp³-hybridized carbons (Fsp3) is 0.538. The molecule has 0 aliphatic carbocycles. The molecular weight excluding hydrogens is 250 g/mol. The van der Waals surface area contributed by atoms with Gasteiger partial charge in [0, 0.05) is 13.1 Å². The second-order valence-corrected chi connectivity index (χ2v) is 4.84. The number of nitrogens with zero attached hydrogens (tertiary/aromatic N) is 1. The molecule has 0 amide bonds. The van der Waals surface area contributed by atoms with Crippen LogP contribution in [-0.4, -0.2) is 40.1 Å². The minimum absolute atomic E-state index is 0.0548. The number of carboxylic acid groups (broad SMARTS) is 2. The van der Waals surface area contributed by atoms with Crippen molar-refractivity contribution in [1.82, 2.24) is 4.90 Å². The zero-order valence-corrected chi connectivity index (χ0v) is 11.1. The second kappa shape index (κ2) is 6.94. The van der Waals surface area contributed by atoms with Gasteiger partial charge in [-0.05, 0) is 18.1 Å². The molecule has 1 aromatic rings. The van der Waals surface area contributed by atoms with Gasteiger partial charge >= 0.3 is 11.9 Å². The Morgan fingerprint density at radius 3 is 2.47 bits per heavy atom. The lowest BCUT2D eigenvalue weighted by Crippen LogP contribution is -2.29. The summed E-state index contributed by atoms with van der Waals surface area (Å²) in [7, 11) is 0. The molecule has 0 atom stereocenters. The molecule has 0 unspecified atom stereocenters. The molecule has 2 N–H and O–H groups in total. The van der Waals surface area contributed by atoms with Gasteiger partial charge in [0.15, 0.2) is 0 Å². The molecule has 0 bridgehead atoms. The topological polar surface area (TPSA) is 91.0 Å². The standard InChI is InChI=1S/C13H19NO5/c1-9(2)7-14(6-5-12(15)16)8-10-3-4-11(19-10)13(17)18/h3-4,9H,5-8H2,1-2H3,(H,15,16)(H,17,18). The Bertz CT molecular complexity index is 438. The number of hydrogen-bond acceptors (Lipinski definition) is 4. The van der Waals surface area contributed by atoms with Crippen molar-refractivity contribution in [3.63, 3.8) is 0 Å². The molecule has 1 rings (SSSR count). The third-order valence-electron chi connectivity index (χ3n) is 2.52. The summed E-state index contributed by atoms with van der Waals surface area (Å²) in [5.41, 5.74) is 0. The van der Waals surface area contributed by atoms with E-state index in [9.17, 15) is 9.59 Å². The van der Waals surface area contributed by atoms with E-state index >= 15 is 0 Å². The van der Waals surface area contributed by atoms with Crippen molar-refractivity contribution in [2.24, 2.45) is 5.92 Å². The average molecular weight is 269 g/mol. The predicted molar refractivity (Wildman–Crippen MR) is 68.0 cm³/mol. The van der Waals surface area contributed by atoms with Crippen LogP contribution in [0.15, 0.2) is 16.5 Å². The Labute approximate surface area is 111 Å². The van der Waals surface area contributed by atoms with E-state index in [0.29, 0.717) is 24.8 Å². The van der Waals surface area contributed by atoms with Crippen LogP contribution in [0.5, 0.6) is 0 Å². The van der Waals surface area contributed by atoms with Gasteiger partial charge in [0.2, 0.25) is 5.76 Å². The van der Waals surface area contributed by atoms with Gasteiger partial charge in [-0.1, -0.05) is 13.8 Å². The van der Waals surface area contributed by atoms with Crippen LogP contribution in [0.2, 0.25) is 0 Å². The molecule has 19 heavy (non-hydrogen) atoms. The maximum atomic E-state index is 10.7. The van der Waals surface area contributed by atoms with Crippen LogP contribution >= 0.6 is 0 Å². The van der Waals surface area contributed by atoms with Crippen LogP contribution in [0.3, 0.4) is 0 Å². The van der Waals surface area contributed by atoms with Crippen molar-refractivity contribution < 1.29 is 24.2 Å². The highest BCUT2D eigenvalue weighted by Crippen LogP contribution is 2.12. The van der Waals surface area contributed by atoms with E-state index in [1.807, 2.05) is 18.7 Å². The van der Waals surface area contributed by atoms with E-state index in [2.05, 4.69) is 0 Å². The molecule has 0 spiro atoms. The molecule has 0 radical (unpaired) electrons. The summed E-state index contributed by atoms with van der Waals surface area (Å²) in [5, 5.41) is 17.5. The number of rotatable bonds is 8. The number of carboxylic acids is 2. The van der Waals surface area contributed by atoms with Gasteiger partial charge in [0.25, 0.3) is 0 Å². The smallest absolute Gasteiger partial charge is 0.371 e. The zero-order chi connectivity index (χ0) is 14.4. The minimum Gasteiger partial charge on any atom is -0.481 e. The zero-order valence-electron chi connectivity index (χ0n) is 11.1. The second-order valence-electron chi connectivity index (χ2n) is 4.84. The van der Waals surface area contributed by atoms with Crippen molar-refractivity contribution in [2.45, 2.75) is 26.8 Å². The summed E-state index contributed by atoms with van der Waals surface area (Å²) < 4.78 is 5.18. The highest BCUT2D eigenvalue weighted by atomic mass is 16.4. The van der Waals surface area contributed by atoms with Crippen LogP contribution in [-0.2, 0) is 11.3 Å². The number of aromatic carboxylic acids is 1. The molecule has 0 saturated carbocycles. The van der Waals surface area contributed by atoms with E-state index in [4.69, 9.17) is 14.6 Å². The Morgan fingerprint density at radius 2 is 2.00 bits per heavy atom. The molecule has 0 aliphatic rings. The Kier molecular flexibility index (Phi) is 5.57. The largest absolute Gasteiger partial charge is 0.481 e. The van der Waals surface area contributed by atoms with E-state index < -0.39 is 11.9 Å². The van der Waals surface area contributed by atoms with Gasteiger partial charge in [-0.2, -0.15) is 0 Å². The van der Waals surface area contributed by atoms with Crippen LogP contribution in [0.4, 0.5) is 0 Å². The Hall–Kier alpha value is -1.82. The van der Waals surface area contributed by atoms with E-state index in [1.165, 1.54) is 6.07 Å². The van der Waals surface area contributed by atoms with Crippen molar-refractivity contribution in [2.75, 3.05) is 13.1 Å². The lowest BCUT2D eigenvalue weighted by molar-refractivity contribution is -0.137. The molecule has 6 nitrogen and oxygen atoms in total. The molecule has 0 aromatic carbocycles. The highest BCUT2D eigenvalue weighted by Gasteiger charge is 2.14. The monoisotopic (exact) mass is 269 g/mol. The summed E-state index contributed by atoms with van der Waals surface area (Å²) >= 11 is 0. The Balaban J connectivity index is 2.63. The van der Waals surface area contributed by atoms with Crippen molar-refractivity contribution in [3.8, 4) is 0 Å². The minimum atomic E-state index is -1.10. The van der Waals surface area contributed by atoms with Crippen LogP contribution in [0, 0.1) is 5.92 Å². The molecule has 106 valence electrons. The molecule has 1 aromatic heterocycles. The molecular formula is C13H19NO5. The number of furan rings is 1. The number of aliphatic carboxylic acids is 1. The van der Waals surface area contributed by atoms with Gasteiger partial charge in [-0.25, -0.2) is 4.79 Å². The van der Waals surface area contributed by atoms with Crippen molar-refractivity contribution in [1.29, 1.82) is 0 Å². The van der Waals surface area contributed by atoms with E-state index in [1.54, 1.807) is 6.07 Å². The van der Waals surface area contributed by atoms with Gasteiger partial charge in [-0.15, -0.1) is 0 Å². The van der Waals surface area contributed by atoms with Crippen LogP contribution in [0.1, 0.15) is 36.6 Å². The van der Waals surface area contributed by atoms with E-state index in [-0.39, 0.29) is 12.2 Å². The molecule has 0 fully saturated rings. The van der Waals surface area contributed by atoms with E-state index in [0.717, 1.165) is 6.54 Å². The lowest BCUT2D eigenvalue weighted by Gasteiger charge is -2.22. The van der Waals surface area contributed by atoms with Gasteiger partial charge in [0.05, 0.1) is 13.0 Å². The normalized spacial score (nSPS) is 11.2. The third-order valence-corrected chi connectivity index (χ3v) is 2.52. The molecule has 0 aliphatic heterocycles. The van der Waals surface area contributed by atoms with Gasteiger partial charge in [-0.3, -0.25) is 9.69 Å². The average Bonchev–Trinajstić information content (AvgIpc) is 2.73. The number of hydrogen-bond donors (Lipinski definition) is 2. The lowest BCUT2D eigenvalue weighted by atomic mass is 10.2. The maximum absolute atomic E-state index is 10.7. The van der Waals surface area contributed by atoms with Crippen molar-refractivity contribution in [3.05, 3.63) is 23.7 Å². The first-order valence-corrected chi connectivity index (χ1v) is 6.14. The molecule has 0 saturated heterocycles. The predicted octanol–water partition coefficient (Wildman–Crippen LogP) is 1.91. The summed E-state index contributed by atoms with van der Waals surface area (Å²) in [5.74, 6) is -1.13. The first-order chi connectivity index (χ1) is 8.88. The number of carbonyl (C=O) groups is 2. The highest BCUT2D eigenvalue weighted by molar-refractivity contribution is 5.84. The van der Waals surface area contributed by atoms with Gasteiger partial charge in [0.1, 0.15) is 5.76 Å². The van der Waals surface area contributed by atoms with Crippen LogP contribution < -0.4 is 0 Å². The maximum Gasteiger partial charge on any atom is 0.371 e. The first kappa shape index (κ1) is 15.2. The summed E-state index contributed by atoms with van der Waals surface area (Å²) in [6, 6.07) is 3.01. The fourth-order valence-electron chi connectivity index (χ4n) is 1.80. The molecule has 6 heteroatoms. The quantitative estimate of drug-likeness (QED) is 0.749. The summed E-state index contributed by atoms with van der Waals surface area (Å²) in [6.07, 6.45) is 0.0548. The SMILES string of the molecule is CC(C)CN(CCC(=O)O)Cc1ccc(C(=O)O)o1. The van der Waals surface area contributed by atoms with Crippen LogP contribution in [0.25, 0.3) is 0 Å². The third kappa shape index (κ3) is 5.56. The fourth-order valence-corrected chi connectivity index (χ4v) is 1.80. The first-order valence-electron chi connectivity index (χ1n) is 6.14. The van der Waals surface area contributed by atoms with Crippen molar-refractivity contribution >= 4 is 11.9 Å². The van der Waals surface area contributed by atoms with Gasteiger partial charge < -0.3 is 14.6 Å². The molecule has 1 heterocycles. The summed E-state index contributed by atoms with van der Waals surface area (Å²) in [4.78, 5) is 23.3. The Morgan fingerprint density at radius 1 is 1.32 bits per heavy atom. The summed E-state index contributed by atoms with van der Waals surface area (Å²) in [6.45, 7) is 5.64.